The number of carbonyl (C=O) groups is 1. The Morgan fingerprint density at radius 3 is 2.73 bits per heavy atom. The highest BCUT2D eigenvalue weighted by Gasteiger charge is 2.05. The molecule has 0 atom stereocenters. The van der Waals surface area contributed by atoms with Crippen LogP contribution in [0, 0.1) is 6.92 Å². The van der Waals surface area contributed by atoms with Crippen LogP contribution >= 0.6 is 0 Å². The third-order valence-electron chi connectivity index (χ3n) is 2.12. The van der Waals surface area contributed by atoms with Gasteiger partial charge in [0.25, 0.3) is 5.91 Å². The molecule has 0 unspecified atom stereocenters. The van der Waals surface area contributed by atoms with Gasteiger partial charge in [-0.1, -0.05) is 0 Å². The molecule has 3 N–H and O–H groups in total. The van der Waals surface area contributed by atoms with E-state index in [2.05, 4.69) is 10.6 Å². The highest BCUT2D eigenvalue weighted by Crippen LogP contribution is 2.16. The molecule has 0 aromatic heterocycles. The van der Waals surface area contributed by atoms with E-state index in [-0.39, 0.29) is 11.7 Å². The average molecular weight is 208 g/mol. The highest BCUT2D eigenvalue weighted by molar-refractivity contribution is 5.94. The van der Waals surface area contributed by atoms with Gasteiger partial charge in [0, 0.05) is 18.7 Å². The fourth-order valence-electron chi connectivity index (χ4n) is 1.20. The van der Waals surface area contributed by atoms with Gasteiger partial charge >= 0.3 is 0 Å². The normalized spacial score (nSPS) is 10.0. The summed E-state index contributed by atoms with van der Waals surface area (Å²) >= 11 is 0. The first-order valence-electron chi connectivity index (χ1n) is 4.87. The Hall–Kier alpha value is -1.55. The van der Waals surface area contributed by atoms with Crippen LogP contribution < -0.4 is 10.6 Å². The lowest BCUT2D eigenvalue weighted by molar-refractivity contribution is 0.0954. The summed E-state index contributed by atoms with van der Waals surface area (Å²) in [6, 6.07) is 4.81. The minimum Gasteiger partial charge on any atom is -0.508 e. The van der Waals surface area contributed by atoms with E-state index in [9.17, 15) is 9.90 Å². The molecule has 0 aliphatic heterocycles. The van der Waals surface area contributed by atoms with E-state index in [4.69, 9.17) is 0 Å². The molecule has 1 rings (SSSR count). The zero-order valence-corrected chi connectivity index (χ0v) is 9.00. The summed E-state index contributed by atoms with van der Waals surface area (Å²) in [7, 11) is 1.83. The van der Waals surface area contributed by atoms with Crippen molar-refractivity contribution in [2.45, 2.75) is 6.92 Å². The van der Waals surface area contributed by atoms with Gasteiger partial charge in [0.15, 0.2) is 0 Å². The van der Waals surface area contributed by atoms with Crippen LogP contribution in [0.1, 0.15) is 15.9 Å². The molecule has 15 heavy (non-hydrogen) atoms. The van der Waals surface area contributed by atoms with Crippen molar-refractivity contribution in [3.63, 3.8) is 0 Å². The highest BCUT2D eigenvalue weighted by atomic mass is 16.3. The molecule has 0 saturated heterocycles. The Morgan fingerprint density at radius 2 is 2.13 bits per heavy atom. The molecule has 0 heterocycles. The number of nitrogens with one attached hydrogen (secondary N) is 2. The Labute approximate surface area is 89.3 Å². The topological polar surface area (TPSA) is 61.4 Å². The molecule has 0 bridgehead atoms. The van der Waals surface area contributed by atoms with Gasteiger partial charge in [0.1, 0.15) is 5.75 Å². The number of carbonyl (C=O) groups excluding carboxylic acids is 1. The fraction of sp³-hybridized carbons (Fsp3) is 0.364. The van der Waals surface area contributed by atoms with E-state index < -0.39 is 0 Å². The number of aromatic hydroxyl groups is 1. The Bertz CT molecular complexity index is 350. The predicted molar refractivity (Wildman–Crippen MR) is 59.1 cm³/mol. The summed E-state index contributed by atoms with van der Waals surface area (Å²) in [5.41, 5.74) is 1.28. The van der Waals surface area contributed by atoms with Gasteiger partial charge in [0.2, 0.25) is 0 Å². The fourth-order valence-corrected chi connectivity index (χ4v) is 1.20. The third kappa shape index (κ3) is 3.25. The largest absolute Gasteiger partial charge is 0.508 e. The molecule has 0 spiro atoms. The van der Waals surface area contributed by atoms with Crippen LogP contribution in [0.2, 0.25) is 0 Å². The van der Waals surface area contributed by atoms with E-state index in [0.717, 1.165) is 6.54 Å². The maximum Gasteiger partial charge on any atom is 0.251 e. The van der Waals surface area contributed by atoms with Crippen molar-refractivity contribution in [3.8, 4) is 5.75 Å². The second-order valence-electron chi connectivity index (χ2n) is 3.36. The molecule has 4 heteroatoms. The third-order valence-corrected chi connectivity index (χ3v) is 2.12. The van der Waals surface area contributed by atoms with Gasteiger partial charge in [0.05, 0.1) is 0 Å². The Morgan fingerprint density at radius 1 is 1.40 bits per heavy atom. The lowest BCUT2D eigenvalue weighted by Gasteiger charge is -2.06. The predicted octanol–water partition coefficient (Wildman–Crippen LogP) is 0.650. The molecular formula is C11H16N2O2. The molecule has 1 amide bonds. The number of phenolic OH excluding ortho intramolecular Hbond substituents is 1. The average Bonchev–Trinajstić information content (AvgIpc) is 2.22. The smallest absolute Gasteiger partial charge is 0.251 e. The van der Waals surface area contributed by atoms with E-state index in [1.165, 1.54) is 6.07 Å². The zero-order valence-electron chi connectivity index (χ0n) is 9.00. The zero-order chi connectivity index (χ0) is 11.3. The van der Waals surface area contributed by atoms with Gasteiger partial charge in [-0.3, -0.25) is 4.79 Å². The standard InChI is InChI=1S/C11H16N2O2/c1-8-7-9(3-4-10(8)14)11(15)13-6-5-12-2/h3-4,7,12,14H,5-6H2,1-2H3,(H,13,15). The van der Waals surface area contributed by atoms with Gasteiger partial charge in [-0.2, -0.15) is 0 Å². The van der Waals surface area contributed by atoms with Crippen LogP contribution in [0.4, 0.5) is 0 Å². The van der Waals surface area contributed by atoms with Crippen molar-refractivity contribution >= 4 is 5.91 Å². The molecule has 0 saturated carbocycles. The minimum atomic E-state index is -0.117. The number of hydrogen-bond acceptors (Lipinski definition) is 3. The van der Waals surface area contributed by atoms with Crippen molar-refractivity contribution < 1.29 is 9.90 Å². The first-order valence-corrected chi connectivity index (χ1v) is 4.87. The lowest BCUT2D eigenvalue weighted by Crippen LogP contribution is -2.30. The molecule has 1 aromatic rings. The molecule has 0 aliphatic carbocycles. The second kappa shape index (κ2) is 5.36. The SMILES string of the molecule is CNCCNC(=O)c1ccc(O)c(C)c1. The number of phenols is 1. The molecular weight excluding hydrogens is 192 g/mol. The summed E-state index contributed by atoms with van der Waals surface area (Å²) < 4.78 is 0. The lowest BCUT2D eigenvalue weighted by atomic mass is 10.1. The van der Waals surface area contributed by atoms with E-state index in [1.807, 2.05) is 7.05 Å². The molecule has 82 valence electrons. The van der Waals surface area contributed by atoms with Gasteiger partial charge in [-0.05, 0) is 37.7 Å². The Balaban J connectivity index is 2.62. The molecule has 1 aromatic carbocycles. The summed E-state index contributed by atoms with van der Waals surface area (Å²) in [6.45, 7) is 3.10. The van der Waals surface area contributed by atoms with Crippen molar-refractivity contribution in [1.82, 2.24) is 10.6 Å². The van der Waals surface area contributed by atoms with Crippen LogP contribution in [0.5, 0.6) is 5.75 Å². The molecule has 4 nitrogen and oxygen atoms in total. The molecule has 0 radical (unpaired) electrons. The first kappa shape index (κ1) is 11.5. The van der Waals surface area contributed by atoms with Crippen LogP contribution in [-0.4, -0.2) is 31.2 Å². The summed E-state index contributed by atoms with van der Waals surface area (Å²) in [6.07, 6.45) is 0. The summed E-state index contributed by atoms with van der Waals surface area (Å²) in [5, 5.41) is 15.0. The number of hydrogen-bond donors (Lipinski definition) is 3. The summed E-state index contributed by atoms with van der Waals surface area (Å²) in [5.74, 6) is 0.0927. The van der Waals surface area contributed by atoms with Gasteiger partial charge < -0.3 is 15.7 Å². The van der Waals surface area contributed by atoms with Crippen molar-refractivity contribution in [2.75, 3.05) is 20.1 Å². The van der Waals surface area contributed by atoms with Crippen LogP contribution in [0.15, 0.2) is 18.2 Å². The van der Waals surface area contributed by atoms with Crippen molar-refractivity contribution in [2.24, 2.45) is 0 Å². The maximum atomic E-state index is 11.6. The van der Waals surface area contributed by atoms with Gasteiger partial charge in [-0.15, -0.1) is 0 Å². The summed E-state index contributed by atoms with van der Waals surface area (Å²) in [4.78, 5) is 11.6. The second-order valence-corrected chi connectivity index (χ2v) is 3.36. The molecule has 0 fully saturated rings. The van der Waals surface area contributed by atoms with Crippen LogP contribution in [0.3, 0.4) is 0 Å². The minimum absolute atomic E-state index is 0.117. The van der Waals surface area contributed by atoms with Crippen molar-refractivity contribution in [3.05, 3.63) is 29.3 Å². The number of amides is 1. The number of likely N-dealkylation sites (N-methyl/N-ethyl adjacent to an activating group) is 1. The van der Waals surface area contributed by atoms with Crippen molar-refractivity contribution in [1.29, 1.82) is 0 Å². The number of rotatable bonds is 4. The monoisotopic (exact) mass is 208 g/mol. The maximum absolute atomic E-state index is 11.6. The number of benzene rings is 1. The molecule has 0 aliphatic rings. The van der Waals surface area contributed by atoms with Crippen LogP contribution in [-0.2, 0) is 0 Å². The quantitative estimate of drug-likeness (QED) is 0.637. The van der Waals surface area contributed by atoms with Crippen LogP contribution in [0.25, 0.3) is 0 Å². The Kier molecular flexibility index (Phi) is 4.12. The number of aryl methyl sites for hydroxylation is 1. The van der Waals surface area contributed by atoms with E-state index >= 15 is 0 Å². The first-order chi connectivity index (χ1) is 7.15. The van der Waals surface area contributed by atoms with E-state index in [1.54, 1.807) is 19.1 Å². The van der Waals surface area contributed by atoms with E-state index in [0.29, 0.717) is 17.7 Å². The van der Waals surface area contributed by atoms with Gasteiger partial charge in [-0.25, -0.2) is 0 Å².